The Hall–Kier alpha value is -2.53. The Kier molecular flexibility index (Phi) is 3.44. The van der Waals surface area contributed by atoms with Crippen molar-refractivity contribution in [1.29, 1.82) is 0 Å². The Balaban J connectivity index is 1.38. The second-order valence-corrected chi connectivity index (χ2v) is 9.57. The number of hydrogen-bond acceptors (Lipinski definition) is 4. The van der Waals surface area contributed by atoms with Crippen LogP contribution in [-0.4, -0.2) is 23.7 Å². The molecule has 1 heterocycles. The third-order valence-electron chi connectivity index (χ3n) is 7.46. The summed E-state index contributed by atoms with van der Waals surface area (Å²) in [7, 11) is 1.62. The van der Waals surface area contributed by atoms with Gasteiger partial charge in [-0.05, 0) is 62.5 Å². The lowest BCUT2D eigenvalue weighted by Gasteiger charge is -2.59. The maximum atomic E-state index is 13.5. The van der Waals surface area contributed by atoms with Crippen molar-refractivity contribution in [2.75, 3.05) is 12.4 Å². The van der Waals surface area contributed by atoms with Gasteiger partial charge in [-0.25, -0.2) is 0 Å². The number of amides is 1. The smallest absolute Gasteiger partial charge is 0.230 e. The van der Waals surface area contributed by atoms with Crippen molar-refractivity contribution in [3.8, 4) is 5.75 Å². The van der Waals surface area contributed by atoms with Gasteiger partial charge in [0.15, 0.2) is 0 Å². The average molecular weight is 391 g/mol. The van der Waals surface area contributed by atoms with Gasteiger partial charge < -0.3 is 19.6 Å². The molecule has 4 atom stereocenters. The van der Waals surface area contributed by atoms with Crippen LogP contribution < -0.4 is 10.1 Å². The van der Waals surface area contributed by atoms with Crippen LogP contribution in [-0.2, 0) is 4.79 Å². The number of hydrogen-bond donors (Lipinski definition) is 2. The second kappa shape index (κ2) is 5.76. The molecule has 29 heavy (non-hydrogen) atoms. The largest absolute Gasteiger partial charge is 0.495 e. The van der Waals surface area contributed by atoms with E-state index in [0.717, 1.165) is 54.0 Å². The average Bonchev–Trinajstić information content (AvgIpc) is 3.02. The first-order chi connectivity index (χ1) is 14.0. The molecule has 4 aliphatic carbocycles. The van der Waals surface area contributed by atoms with Gasteiger partial charge >= 0.3 is 0 Å². The summed E-state index contributed by atoms with van der Waals surface area (Å²) < 4.78 is 11.6. The molecule has 5 heteroatoms. The monoisotopic (exact) mass is 391 g/mol. The first kappa shape index (κ1) is 17.3. The molecule has 4 aliphatic rings. The van der Waals surface area contributed by atoms with Gasteiger partial charge in [-0.3, -0.25) is 4.79 Å². The van der Waals surface area contributed by atoms with Crippen molar-refractivity contribution in [1.82, 2.24) is 0 Å². The van der Waals surface area contributed by atoms with Crippen LogP contribution in [0.2, 0.25) is 0 Å². The fourth-order valence-corrected chi connectivity index (χ4v) is 6.75. The number of aliphatic hydroxyl groups is 1. The van der Waals surface area contributed by atoms with Gasteiger partial charge in [-0.2, -0.15) is 0 Å². The molecule has 0 saturated heterocycles. The minimum Gasteiger partial charge on any atom is -0.495 e. The third-order valence-corrected chi connectivity index (χ3v) is 7.46. The molecule has 2 unspecified atom stereocenters. The lowest BCUT2D eigenvalue weighted by molar-refractivity contribution is -0.174. The second-order valence-electron chi connectivity index (χ2n) is 9.57. The molecule has 4 saturated carbocycles. The van der Waals surface area contributed by atoms with Gasteiger partial charge in [0.05, 0.1) is 23.8 Å². The van der Waals surface area contributed by atoms with Crippen LogP contribution in [0.1, 0.15) is 38.5 Å². The van der Waals surface area contributed by atoms with Gasteiger partial charge in [-0.1, -0.05) is 18.2 Å². The highest BCUT2D eigenvalue weighted by Crippen LogP contribution is 2.62. The van der Waals surface area contributed by atoms with E-state index in [1.807, 2.05) is 36.4 Å². The number of nitrogens with one attached hydrogen (secondary N) is 1. The van der Waals surface area contributed by atoms with E-state index in [-0.39, 0.29) is 5.91 Å². The SMILES string of the molecule is COc1cc2c(cc1NC(=O)C13C[C@@H]4C[C@@H](CC(O)(C4)C1)C3)oc1ccccc12. The molecule has 150 valence electrons. The molecule has 2 aromatic carbocycles. The number of rotatable bonds is 3. The summed E-state index contributed by atoms with van der Waals surface area (Å²) in [6.45, 7) is 0. The summed E-state index contributed by atoms with van der Waals surface area (Å²) in [5, 5.41) is 16.1. The van der Waals surface area contributed by atoms with Crippen molar-refractivity contribution in [2.45, 2.75) is 44.1 Å². The maximum absolute atomic E-state index is 13.5. The maximum Gasteiger partial charge on any atom is 0.230 e. The number of anilines is 1. The normalized spacial score (nSPS) is 32.8. The zero-order valence-corrected chi connectivity index (χ0v) is 16.5. The van der Waals surface area contributed by atoms with Crippen LogP contribution >= 0.6 is 0 Å². The minimum absolute atomic E-state index is 0.0128. The highest BCUT2D eigenvalue weighted by molar-refractivity contribution is 6.08. The number of fused-ring (bicyclic) bond motifs is 3. The topological polar surface area (TPSA) is 71.7 Å². The zero-order chi connectivity index (χ0) is 19.8. The van der Waals surface area contributed by atoms with E-state index in [0.29, 0.717) is 29.7 Å². The fraction of sp³-hybridized carbons (Fsp3) is 0.458. The van der Waals surface area contributed by atoms with Gasteiger partial charge in [0.2, 0.25) is 5.91 Å². The molecule has 1 aromatic heterocycles. The van der Waals surface area contributed by atoms with E-state index in [1.54, 1.807) is 7.11 Å². The number of para-hydroxylation sites is 1. The summed E-state index contributed by atoms with van der Waals surface area (Å²) in [6, 6.07) is 11.7. The van der Waals surface area contributed by atoms with E-state index in [1.165, 1.54) is 0 Å². The molecule has 0 aliphatic heterocycles. The van der Waals surface area contributed by atoms with Crippen LogP contribution in [0.5, 0.6) is 5.75 Å². The van der Waals surface area contributed by atoms with Crippen molar-refractivity contribution in [2.24, 2.45) is 17.3 Å². The van der Waals surface area contributed by atoms with Gasteiger partial charge in [0.25, 0.3) is 0 Å². The van der Waals surface area contributed by atoms with E-state index in [2.05, 4.69) is 5.32 Å². The van der Waals surface area contributed by atoms with E-state index in [9.17, 15) is 9.90 Å². The Bertz CT molecular complexity index is 1130. The number of furan rings is 1. The summed E-state index contributed by atoms with van der Waals surface area (Å²) in [5.74, 6) is 1.57. The Morgan fingerprint density at radius 2 is 1.86 bits per heavy atom. The number of carbonyl (C=O) groups is 1. The standard InChI is InChI=1S/C24H25NO4/c1-28-21-7-17-16-4-2-3-5-19(16)29-20(17)8-18(21)25-22(26)23-9-14-6-15(10-23)12-24(27,11-14)13-23/h2-5,7-8,14-15,27H,6,9-13H2,1H3,(H,25,26)/t14-,15+,23?,24?. The highest BCUT2D eigenvalue weighted by atomic mass is 16.5. The predicted octanol–water partition coefficient (Wildman–Crippen LogP) is 4.86. The van der Waals surface area contributed by atoms with Crippen molar-refractivity contribution < 1.29 is 19.1 Å². The molecule has 7 rings (SSSR count). The number of benzene rings is 2. The Morgan fingerprint density at radius 1 is 1.10 bits per heavy atom. The molecule has 1 amide bonds. The first-order valence-electron chi connectivity index (χ1n) is 10.5. The van der Waals surface area contributed by atoms with Crippen LogP contribution in [0.15, 0.2) is 40.8 Å². The predicted molar refractivity (Wildman–Crippen MR) is 111 cm³/mol. The first-order valence-corrected chi connectivity index (χ1v) is 10.5. The molecular weight excluding hydrogens is 366 g/mol. The quantitative estimate of drug-likeness (QED) is 0.669. The van der Waals surface area contributed by atoms with E-state index >= 15 is 0 Å². The number of ether oxygens (including phenoxy) is 1. The Labute approximate surface area is 169 Å². The van der Waals surface area contributed by atoms with Crippen LogP contribution in [0.3, 0.4) is 0 Å². The summed E-state index contributed by atoms with van der Waals surface area (Å²) in [6.07, 6.45) is 5.21. The van der Waals surface area contributed by atoms with Crippen LogP contribution in [0.4, 0.5) is 5.69 Å². The molecule has 0 radical (unpaired) electrons. The van der Waals surface area contributed by atoms with Gasteiger partial charge in [-0.15, -0.1) is 0 Å². The van der Waals surface area contributed by atoms with Crippen molar-refractivity contribution in [3.05, 3.63) is 36.4 Å². The summed E-state index contributed by atoms with van der Waals surface area (Å²) in [4.78, 5) is 13.5. The van der Waals surface area contributed by atoms with Crippen molar-refractivity contribution >= 4 is 33.5 Å². The summed E-state index contributed by atoms with van der Waals surface area (Å²) >= 11 is 0. The van der Waals surface area contributed by atoms with Gasteiger partial charge in [0.1, 0.15) is 16.9 Å². The van der Waals surface area contributed by atoms with E-state index in [4.69, 9.17) is 9.15 Å². The van der Waals surface area contributed by atoms with Crippen LogP contribution in [0, 0.1) is 17.3 Å². The van der Waals surface area contributed by atoms with E-state index < -0.39 is 11.0 Å². The fourth-order valence-electron chi connectivity index (χ4n) is 6.75. The zero-order valence-electron chi connectivity index (χ0n) is 16.5. The minimum atomic E-state index is -0.659. The molecule has 3 aromatic rings. The molecule has 4 bridgehead atoms. The summed E-state index contributed by atoms with van der Waals surface area (Å²) in [5.41, 5.74) is 1.05. The molecular formula is C24H25NO4. The molecule has 4 fully saturated rings. The molecule has 0 spiro atoms. The molecule has 5 nitrogen and oxygen atoms in total. The number of carbonyl (C=O) groups excluding carboxylic acids is 1. The van der Waals surface area contributed by atoms with Gasteiger partial charge in [0, 0.05) is 16.8 Å². The van der Waals surface area contributed by atoms with Crippen molar-refractivity contribution in [3.63, 3.8) is 0 Å². The highest BCUT2D eigenvalue weighted by Gasteiger charge is 2.60. The lowest BCUT2D eigenvalue weighted by atomic mass is 9.47. The van der Waals surface area contributed by atoms with Crippen LogP contribution in [0.25, 0.3) is 21.9 Å². The third kappa shape index (κ3) is 2.53. The Morgan fingerprint density at radius 3 is 2.59 bits per heavy atom. The number of methoxy groups -OCH3 is 1. The lowest BCUT2D eigenvalue weighted by Crippen LogP contribution is -2.59. The molecule has 2 N–H and O–H groups in total.